The zero-order valence-corrected chi connectivity index (χ0v) is 10.3. The molecule has 0 aromatic carbocycles. The molecule has 2 aromatic heterocycles. The van der Waals surface area contributed by atoms with Crippen molar-refractivity contribution in [1.29, 1.82) is 0 Å². The number of aryl methyl sites for hydroxylation is 1. The minimum Gasteiger partial charge on any atom is -0.286 e. The highest BCUT2D eigenvalue weighted by atomic mass is 32.2. The molecule has 0 saturated heterocycles. The lowest BCUT2D eigenvalue weighted by Gasteiger charge is -2.10. The number of hydrogen-bond acceptors (Lipinski definition) is 4. The van der Waals surface area contributed by atoms with Crippen LogP contribution in [0.3, 0.4) is 0 Å². The van der Waals surface area contributed by atoms with Crippen molar-refractivity contribution in [1.82, 2.24) is 14.5 Å². The van der Waals surface area contributed by atoms with Crippen LogP contribution >= 0.6 is 0 Å². The first-order valence-electron chi connectivity index (χ1n) is 4.90. The molecule has 6 nitrogen and oxygen atoms in total. The number of aromatic nitrogens is 3. The number of hydrogen-bond donors (Lipinski definition) is 1. The molecule has 0 fully saturated rings. The third kappa shape index (κ3) is 2.62. The van der Waals surface area contributed by atoms with Gasteiger partial charge in [-0.2, -0.15) is 0 Å². The van der Waals surface area contributed by atoms with E-state index in [1.165, 1.54) is 0 Å². The summed E-state index contributed by atoms with van der Waals surface area (Å²) in [5.41, 5.74) is 0.427. The fraction of sp³-hybridized carbons (Fsp3) is 0.200. The van der Waals surface area contributed by atoms with E-state index in [9.17, 15) is 8.42 Å². The molecule has 0 bridgehead atoms. The maximum atomic E-state index is 11.2. The van der Waals surface area contributed by atoms with E-state index in [4.69, 9.17) is 0 Å². The van der Waals surface area contributed by atoms with Gasteiger partial charge >= 0.3 is 0 Å². The highest BCUT2D eigenvalue weighted by Gasteiger charge is 2.10. The summed E-state index contributed by atoms with van der Waals surface area (Å²) in [6.07, 6.45) is 6.06. The van der Waals surface area contributed by atoms with E-state index in [0.29, 0.717) is 11.5 Å². The Kier molecular flexibility index (Phi) is 2.84. The van der Waals surface area contributed by atoms with E-state index in [1.807, 2.05) is 6.92 Å². The molecule has 0 spiro atoms. The van der Waals surface area contributed by atoms with Gasteiger partial charge in [0.15, 0.2) is 5.82 Å². The fourth-order valence-electron chi connectivity index (χ4n) is 1.47. The Hall–Kier alpha value is -1.89. The smallest absolute Gasteiger partial charge is 0.229 e. The van der Waals surface area contributed by atoms with Crippen molar-refractivity contribution in [2.24, 2.45) is 0 Å². The number of pyridine rings is 1. The molecular formula is C10H12N4O2S. The lowest BCUT2D eigenvalue weighted by Crippen LogP contribution is -2.13. The van der Waals surface area contributed by atoms with Crippen LogP contribution in [0, 0.1) is 6.92 Å². The van der Waals surface area contributed by atoms with Crippen LogP contribution in [0.2, 0.25) is 0 Å². The monoisotopic (exact) mass is 252 g/mol. The minimum absolute atomic E-state index is 0.427. The zero-order chi connectivity index (χ0) is 12.5. The molecule has 0 unspecified atom stereocenters. The van der Waals surface area contributed by atoms with Crippen LogP contribution in [0.15, 0.2) is 30.7 Å². The second-order valence-electron chi connectivity index (χ2n) is 3.59. The van der Waals surface area contributed by atoms with Crippen LogP contribution in [0.4, 0.5) is 5.69 Å². The lowest BCUT2D eigenvalue weighted by molar-refractivity contribution is 0.606. The molecule has 0 amide bonds. The van der Waals surface area contributed by atoms with Gasteiger partial charge in [-0.1, -0.05) is 0 Å². The summed E-state index contributed by atoms with van der Waals surface area (Å²) in [7, 11) is -3.33. The van der Waals surface area contributed by atoms with Crippen LogP contribution < -0.4 is 4.72 Å². The average molecular weight is 252 g/mol. The third-order valence-corrected chi connectivity index (χ3v) is 2.73. The second-order valence-corrected chi connectivity index (χ2v) is 5.34. The molecule has 0 saturated carbocycles. The predicted molar refractivity (Wildman–Crippen MR) is 64.6 cm³/mol. The summed E-state index contributed by atoms with van der Waals surface area (Å²) in [4.78, 5) is 8.24. The quantitative estimate of drug-likeness (QED) is 0.882. The summed E-state index contributed by atoms with van der Waals surface area (Å²) in [5.74, 6) is 1.24. The number of imidazole rings is 1. The number of nitrogens with one attached hydrogen (secondary N) is 1. The Morgan fingerprint density at radius 2 is 2.06 bits per heavy atom. The molecule has 2 rings (SSSR count). The Balaban J connectivity index is 2.52. The molecule has 2 aromatic rings. The van der Waals surface area contributed by atoms with E-state index in [0.717, 1.165) is 12.1 Å². The summed E-state index contributed by atoms with van der Waals surface area (Å²) in [6.45, 7) is 1.82. The Morgan fingerprint density at radius 1 is 1.29 bits per heavy atom. The molecule has 0 radical (unpaired) electrons. The molecule has 90 valence electrons. The third-order valence-electron chi connectivity index (χ3n) is 2.14. The lowest BCUT2D eigenvalue weighted by atomic mass is 10.4. The summed E-state index contributed by atoms with van der Waals surface area (Å²) in [5, 5.41) is 0. The first-order chi connectivity index (χ1) is 7.97. The number of rotatable bonds is 3. The van der Waals surface area contributed by atoms with Crippen LogP contribution in [-0.2, 0) is 10.0 Å². The number of sulfonamides is 1. The highest BCUT2D eigenvalue weighted by molar-refractivity contribution is 7.92. The normalized spacial score (nSPS) is 11.4. The molecule has 1 N–H and O–H groups in total. The highest BCUT2D eigenvalue weighted by Crippen LogP contribution is 2.19. The van der Waals surface area contributed by atoms with Crippen molar-refractivity contribution in [3.05, 3.63) is 36.5 Å². The number of nitrogens with zero attached hydrogens (tertiary/aromatic N) is 3. The van der Waals surface area contributed by atoms with Crippen LogP contribution in [-0.4, -0.2) is 29.2 Å². The van der Waals surface area contributed by atoms with Gasteiger partial charge in [0.05, 0.1) is 11.9 Å². The van der Waals surface area contributed by atoms with Crippen molar-refractivity contribution in [2.45, 2.75) is 6.92 Å². The predicted octanol–water partition coefficient (Wildman–Crippen LogP) is 0.947. The molecule has 7 heteroatoms. The first kappa shape index (κ1) is 11.6. The molecule has 2 heterocycles. The van der Waals surface area contributed by atoms with Crippen molar-refractivity contribution in [2.75, 3.05) is 11.0 Å². The largest absolute Gasteiger partial charge is 0.286 e. The molecular weight excluding hydrogens is 240 g/mol. The van der Waals surface area contributed by atoms with Gasteiger partial charge in [0, 0.05) is 18.6 Å². The van der Waals surface area contributed by atoms with E-state index >= 15 is 0 Å². The SMILES string of the molecule is Cc1nccn1-c1ncccc1NS(C)(=O)=O. The van der Waals surface area contributed by atoms with Crippen molar-refractivity contribution in [3.63, 3.8) is 0 Å². The van der Waals surface area contributed by atoms with Crippen molar-refractivity contribution < 1.29 is 8.42 Å². The van der Waals surface area contributed by atoms with Gasteiger partial charge in [-0.15, -0.1) is 0 Å². The van der Waals surface area contributed by atoms with Gasteiger partial charge in [0.25, 0.3) is 0 Å². The molecule has 0 atom stereocenters. The van der Waals surface area contributed by atoms with E-state index < -0.39 is 10.0 Å². The van der Waals surface area contributed by atoms with Gasteiger partial charge in [-0.25, -0.2) is 18.4 Å². The van der Waals surface area contributed by atoms with Gasteiger partial charge in [0.1, 0.15) is 5.82 Å². The van der Waals surface area contributed by atoms with Crippen LogP contribution in [0.5, 0.6) is 0 Å². The van der Waals surface area contributed by atoms with Crippen LogP contribution in [0.25, 0.3) is 5.82 Å². The fourth-order valence-corrected chi connectivity index (χ4v) is 2.03. The summed E-state index contributed by atoms with van der Waals surface area (Å²) in [6, 6.07) is 3.33. The van der Waals surface area contributed by atoms with Gasteiger partial charge < -0.3 is 0 Å². The number of anilines is 1. The van der Waals surface area contributed by atoms with Gasteiger partial charge in [0.2, 0.25) is 10.0 Å². The Morgan fingerprint density at radius 3 is 2.65 bits per heavy atom. The Labute approximate surface area is 99.4 Å². The first-order valence-corrected chi connectivity index (χ1v) is 6.79. The standard InChI is InChI=1S/C10H12N4O2S/c1-8-11-6-7-14(8)10-9(4-3-5-12-10)13-17(2,15)16/h3-7,13H,1-2H3. The van der Waals surface area contributed by atoms with E-state index in [-0.39, 0.29) is 0 Å². The maximum Gasteiger partial charge on any atom is 0.229 e. The summed E-state index contributed by atoms with van der Waals surface area (Å²) < 4.78 is 26.6. The summed E-state index contributed by atoms with van der Waals surface area (Å²) >= 11 is 0. The van der Waals surface area contributed by atoms with Gasteiger partial charge in [-0.05, 0) is 19.1 Å². The van der Waals surface area contributed by atoms with Gasteiger partial charge in [-0.3, -0.25) is 9.29 Å². The zero-order valence-electron chi connectivity index (χ0n) is 9.45. The second kappa shape index (κ2) is 4.17. The topological polar surface area (TPSA) is 76.9 Å². The minimum atomic E-state index is -3.33. The molecule has 0 aliphatic rings. The van der Waals surface area contributed by atoms with Crippen molar-refractivity contribution >= 4 is 15.7 Å². The molecule has 17 heavy (non-hydrogen) atoms. The maximum absolute atomic E-state index is 11.2. The van der Waals surface area contributed by atoms with Crippen molar-refractivity contribution in [3.8, 4) is 5.82 Å². The van der Waals surface area contributed by atoms with E-state index in [1.54, 1.807) is 35.3 Å². The Bertz CT molecular complexity index is 633. The average Bonchev–Trinajstić information content (AvgIpc) is 2.63. The molecule has 0 aliphatic carbocycles. The van der Waals surface area contributed by atoms with E-state index in [2.05, 4.69) is 14.7 Å². The molecule has 0 aliphatic heterocycles. The van der Waals surface area contributed by atoms with Crippen LogP contribution in [0.1, 0.15) is 5.82 Å².